The summed E-state index contributed by atoms with van der Waals surface area (Å²) in [6.07, 6.45) is 5.63. The zero-order valence-electron chi connectivity index (χ0n) is 10.2. The normalized spacial score (nSPS) is 18.3. The lowest BCUT2D eigenvalue weighted by atomic mass is 9.79. The highest BCUT2D eigenvalue weighted by Crippen LogP contribution is 2.39. The summed E-state index contributed by atoms with van der Waals surface area (Å²) in [7, 11) is 0. The van der Waals surface area contributed by atoms with Gasteiger partial charge in [-0.1, -0.05) is 57.9 Å². The van der Waals surface area contributed by atoms with E-state index >= 15 is 0 Å². The summed E-state index contributed by atoms with van der Waals surface area (Å²) in [4.78, 5) is 0. The third-order valence-electron chi connectivity index (χ3n) is 3.56. The van der Waals surface area contributed by atoms with Gasteiger partial charge in [-0.05, 0) is 35.3 Å². The molecule has 0 N–H and O–H groups in total. The van der Waals surface area contributed by atoms with E-state index in [2.05, 4.69) is 45.0 Å². The highest BCUT2D eigenvalue weighted by molar-refractivity contribution is 5.35. The molecule has 2 rings (SSSR count). The molecule has 1 aromatic carbocycles. The highest BCUT2D eigenvalue weighted by atomic mass is 14.3. The summed E-state index contributed by atoms with van der Waals surface area (Å²) in [5, 5.41) is 0. The zero-order valence-corrected chi connectivity index (χ0v) is 10.2. The number of benzene rings is 1. The average Bonchev–Trinajstić information content (AvgIpc) is 2.69. The van der Waals surface area contributed by atoms with Gasteiger partial charge in [-0.2, -0.15) is 0 Å². The van der Waals surface area contributed by atoms with E-state index in [0.29, 0.717) is 5.41 Å². The lowest BCUT2D eigenvalue weighted by molar-refractivity contribution is 0.569. The van der Waals surface area contributed by atoms with Crippen LogP contribution in [0.1, 0.15) is 63.5 Å². The summed E-state index contributed by atoms with van der Waals surface area (Å²) in [5.41, 5.74) is 3.46. The van der Waals surface area contributed by atoms with Gasteiger partial charge in [-0.15, -0.1) is 0 Å². The Balaban J connectivity index is 2.37. The number of hydrogen-bond donors (Lipinski definition) is 0. The summed E-state index contributed by atoms with van der Waals surface area (Å²) < 4.78 is 0. The first-order valence-electron chi connectivity index (χ1n) is 6.18. The predicted molar refractivity (Wildman–Crippen MR) is 66.4 cm³/mol. The molecule has 0 bridgehead atoms. The summed E-state index contributed by atoms with van der Waals surface area (Å²) >= 11 is 0. The molecular formula is C15H22. The fraction of sp³-hybridized carbons (Fsp3) is 0.600. The lowest BCUT2D eigenvalue weighted by Gasteiger charge is -2.25. The molecule has 0 spiro atoms. The molecule has 0 amide bonds. The Bertz CT molecular complexity index is 324. The van der Waals surface area contributed by atoms with Crippen molar-refractivity contribution in [3.8, 4) is 0 Å². The number of rotatable bonds is 1. The molecule has 1 saturated carbocycles. The van der Waals surface area contributed by atoms with E-state index in [9.17, 15) is 0 Å². The fourth-order valence-electron chi connectivity index (χ4n) is 2.77. The van der Waals surface area contributed by atoms with Crippen LogP contribution in [0.25, 0.3) is 0 Å². The molecular weight excluding hydrogens is 180 g/mol. The summed E-state index contributed by atoms with van der Waals surface area (Å²) in [5.74, 6) is 0.834. The largest absolute Gasteiger partial charge is 0.0620 e. The van der Waals surface area contributed by atoms with Gasteiger partial charge in [0.15, 0.2) is 0 Å². The van der Waals surface area contributed by atoms with E-state index in [4.69, 9.17) is 0 Å². The second-order valence-corrected chi connectivity index (χ2v) is 5.82. The van der Waals surface area contributed by atoms with Crippen LogP contribution in [0, 0.1) is 0 Å². The minimum Gasteiger partial charge on any atom is -0.0620 e. The first-order valence-corrected chi connectivity index (χ1v) is 6.18. The van der Waals surface area contributed by atoms with Crippen LogP contribution >= 0.6 is 0 Å². The maximum atomic E-state index is 2.34. The molecule has 0 heterocycles. The monoisotopic (exact) mass is 202 g/mol. The first-order chi connectivity index (χ1) is 7.09. The van der Waals surface area contributed by atoms with Gasteiger partial charge in [-0.3, -0.25) is 0 Å². The lowest BCUT2D eigenvalue weighted by Crippen LogP contribution is -2.15. The van der Waals surface area contributed by atoms with Gasteiger partial charge in [0.2, 0.25) is 0 Å². The van der Waals surface area contributed by atoms with Crippen molar-refractivity contribution in [2.24, 2.45) is 0 Å². The first kappa shape index (κ1) is 10.7. The van der Waals surface area contributed by atoms with Crippen LogP contribution in [0.2, 0.25) is 0 Å². The van der Waals surface area contributed by atoms with E-state index < -0.39 is 0 Å². The average molecular weight is 202 g/mol. The topological polar surface area (TPSA) is 0 Å². The molecule has 15 heavy (non-hydrogen) atoms. The van der Waals surface area contributed by atoms with Crippen molar-refractivity contribution >= 4 is 0 Å². The van der Waals surface area contributed by atoms with Crippen molar-refractivity contribution in [2.45, 2.75) is 57.8 Å². The van der Waals surface area contributed by atoms with Crippen LogP contribution in [0.4, 0.5) is 0 Å². The molecule has 0 unspecified atom stereocenters. The van der Waals surface area contributed by atoms with Gasteiger partial charge in [0.1, 0.15) is 0 Å². The molecule has 0 radical (unpaired) electrons. The SMILES string of the molecule is CC(C)(C)c1ccccc1C1CCCC1. The minimum atomic E-state index is 0.291. The van der Waals surface area contributed by atoms with Gasteiger partial charge in [0, 0.05) is 0 Å². The third-order valence-corrected chi connectivity index (χ3v) is 3.56. The van der Waals surface area contributed by atoms with Crippen LogP contribution in [-0.2, 0) is 5.41 Å². The molecule has 0 aliphatic heterocycles. The molecule has 0 saturated heterocycles. The summed E-state index contributed by atoms with van der Waals surface area (Å²) in [6.45, 7) is 6.96. The van der Waals surface area contributed by atoms with Crippen LogP contribution in [0.5, 0.6) is 0 Å². The molecule has 0 atom stereocenters. The smallest absolute Gasteiger partial charge is 0.0129 e. The second-order valence-electron chi connectivity index (χ2n) is 5.82. The zero-order chi connectivity index (χ0) is 10.9. The van der Waals surface area contributed by atoms with Gasteiger partial charge < -0.3 is 0 Å². The second kappa shape index (κ2) is 4.00. The quantitative estimate of drug-likeness (QED) is 0.622. The Kier molecular flexibility index (Phi) is 2.86. The molecule has 0 heteroatoms. The Hall–Kier alpha value is -0.780. The molecule has 0 nitrogen and oxygen atoms in total. The van der Waals surface area contributed by atoms with Crippen LogP contribution in [-0.4, -0.2) is 0 Å². The van der Waals surface area contributed by atoms with Crippen LogP contribution in [0.3, 0.4) is 0 Å². The van der Waals surface area contributed by atoms with Crippen molar-refractivity contribution in [3.05, 3.63) is 35.4 Å². The van der Waals surface area contributed by atoms with Gasteiger partial charge >= 0.3 is 0 Å². The Labute approximate surface area is 93.7 Å². The van der Waals surface area contributed by atoms with Crippen molar-refractivity contribution < 1.29 is 0 Å². The van der Waals surface area contributed by atoms with Crippen molar-refractivity contribution in [2.75, 3.05) is 0 Å². The maximum absolute atomic E-state index is 2.34. The third kappa shape index (κ3) is 2.25. The van der Waals surface area contributed by atoms with Gasteiger partial charge in [-0.25, -0.2) is 0 Å². The maximum Gasteiger partial charge on any atom is -0.0129 e. The molecule has 1 fully saturated rings. The number of hydrogen-bond acceptors (Lipinski definition) is 0. The molecule has 82 valence electrons. The van der Waals surface area contributed by atoms with Crippen molar-refractivity contribution in [3.63, 3.8) is 0 Å². The highest BCUT2D eigenvalue weighted by Gasteiger charge is 2.24. The van der Waals surface area contributed by atoms with Crippen molar-refractivity contribution in [1.29, 1.82) is 0 Å². The van der Waals surface area contributed by atoms with Gasteiger partial charge in [0.25, 0.3) is 0 Å². The van der Waals surface area contributed by atoms with Crippen LogP contribution in [0.15, 0.2) is 24.3 Å². The van der Waals surface area contributed by atoms with E-state index in [1.807, 2.05) is 0 Å². The predicted octanol–water partition coefficient (Wildman–Crippen LogP) is 4.64. The van der Waals surface area contributed by atoms with E-state index in [1.54, 1.807) is 11.1 Å². The van der Waals surface area contributed by atoms with Gasteiger partial charge in [0.05, 0.1) is 0 Å². The van der Waals surface area contributed by atoms with E-state index in [-0.39, 0.29) is 0 Å². The molecule has 1 aromatic rings. The Morgan fingerprint density at radius 3 is 2.20 bits per heavy atom. The Morgan fingerprint density at radius 1 is 1.00 bits per heavy atom. The molecule has 1 aliphatic rings. The Morgan fingerprint density at radius 2 is 1.60 bits per heavy atom. The molecule has 1 aliphatic carbocycles. The van der Waals surface area contributed by atoms with Crippen molar-refractivity contribution in [1.82, 2.24) is 0 Å². The van der Waals surface area contributed by atoms with E-state index in [1.165, 1.54) is 25.7 Å². The fourth-order valence-corrected chi connectivity index (χ4v) is 2.77. The summed E-state index contributed by atoms with van der Waals surface area (Å²) in [6, 6.07) is 9.03. The van der Waals surface area contributed by atoms with Crippen LogP contribution < -0.4 is 0 Å². The van der Waals surface area contributed by atoms with E-state index in [0.717, 1.165) is 5.92 Å². The standard InChI is InChI=1S/C15H22/c1-15(2,3)14-11-7-6-10-13(14)12-8-4-5-9-12/h6-7,10-12H,4-5,8-9H2,1-3H3. The molecule has 0 aromatic heterocycles. The minimum absolute atomic E-state index is 0.291.